The molecule has 4 heteroatoms. The maximum absolute atomic E-state index is 12.8. The topological polar surface area (TPSA) is 50.3 Å². The number of likely N-dealkylation sites (tertiary alicyclic amines) is 1. The molecule has 0 unspecified atom stereocenters. The Morgan fingerprint density at radius 1 is 1.14 bits per heavy atom. The summed E-state index contributed by atoms with van der Waals surface area (Å²) in [5, 5.41) is 0. The van der Waals surface area contributed by atoms with Crippen molar-refractivity contribution >= 4 is 11.8 Å². The number of amides is 2. The Kier molecular flexibility index (Phi) is 2.83. The Hall–Kier alpha value is -2.23. The second-order valence-corrected chi connectivity index (χ2v) is 6.57. The molecule has 1 aromatic rings. The van der Waals surface area contributed by atoms with Crippen molar-refractivity contribution in [3.8, 4) is 0 Å². The van der Waals surface area contributed by atoms with E-state index in [-0.39, 0.29) is 35.5 Å². The molecular weight excluding hydrogens is 276 g/mol. The van der Waals surface area contributed by atoms with E-state index in [1.165, 1.54) is 16.0 Å². The Bertz CT molecular complexity index is 682. The van der Waals surface area contributed by atoms with E-state index in [9.17, 15) is 9.59 Å². The number of fused-ring (bicyclic) bond motifs is 5. The Balaban J connectivity index is 1.66. The highest BCUT2D eigenvalue weighted by Gasteiger charge is 2.61. The van der Waals surface area contributed by atoms with Crippen molar-refractivity contribution in [1.82, 2.24) is 9.88 Å². The molecule has 1 aliphatic heterocycles. The summed E-state index contributed by atoms with van der Waals surface area (Å²) in [6.45, 7) is 4.49. The van der Waals surface area contributed by atoms with Crippen LogP contribution in [-0.2, 0) is 16.1 Å². The summed E-state index contributed by atoms with van der Waals surface area (Å²) in [5.74, 6) is -0.178. The molecule has 2 amide bonds. The fourth-order valence-electron chi connectivity index (χ4n) is 4.32. The molecule has 2 heterocycles. The highest BCUT2D eigenvalue weighted by molar-refractivity contribution is 6.07. The van der Waals surface area contributed by atoms with Crippen molar-refractivity contribution in [2.24, 2.45) is 23.7 Å². The smallest absolute Gasteiger partial charge is 0.234 e. The van der Waals surface area contributed by atoms with E-state index in [1.807, 2.05) is 12.1 Å². The van der Waals surface area contributed by atoms with Gasteiger partial charge in [-0.25, -0.2) is 0 Å². The van der Waals surface area contributed by atoms with Gasteiger partial charge in [0.25, 0.3) is 0 Å². The monoisotopic (exact) mass is 294 g/mol. The summed E-state index contributed by atoms with van der Waals surface area (Å²) in [6, 6.07) is 3.73. The predicted octanol–water partition coefficient (Wildman–Crippen LogP) is 2.33. The number of hydrogen-bond acceptors (Lipinski definition) is 3. The molecule has 112 valence electrons. The van der Waals surface area contributed by atoms with Gasteiger partial charge >= 0.3 is 0 Å². The number of carbonyl (C=O) groups is 2. The third-order valence-electron chi connectivity index (χ3n) is 5.15. The summed E-state index contributed by atoms with van der Waals surface area (Å²) in [7, 11) is 0. The first-order chi connectivity index (χ1) is 10.6. The zero-order valence-corrected chi connectivity index (χ0v) is 12.7. The molecule has 0 spiro atoms. The minimum Gasteiger partial charge on any atom is -0.277 e. The van der Waals surface area contributed by atoms with Gasteiger partial charge in [-0.15, -0.1) is 0 Å². The van der Waals surface area contributed by atoms with Crippen LogP contribution in [0, 0.1) is 23.7 Å². The molecule has 0 aromatic carbocycles. The first-order valence-electron chi connectivity index (χ1n) is 7.69. The zero-order chi connectivity index (χ0) is 15.4. The van der Waals surface area contributed by atoms with Crippen molar-refractivity contribution < 1.29 is 9.59 Å². The molecule has 1 saturated carbocycles. The molecular formula is C18H18N2O2. The quantitative estimate of drug-likeness (QED) is 0.621. The third kappa shape index (κ3) is 1.67. The van der Waals surface area contributed by atoms with Crippen molar-refractivity contribution in [1.29, 1.82) is 0 Å². The summed E-state index contributed by atoms with van der Waals surface area (Å²) in [4.78, 5) is 31.1. The van der Waals surface area contributed by atoms with Gasteiger partial charge in [0.1, 0.15) is 0 Å². The van der Waals surface area contributed by atoms with Crippen molar-refractivity contribution in [3.05, 3.63) is 53.4 Å². The third-order valence-corrected chi connectivity index (χ3v) is 5.15. The second-order valence-electron chi connectivity index (χ2n) is 6.57. The molecule has 4 atom stereocenters. The molecule has 1 aromatic heterocycles. The maximum atomic E-state index is 12.8. The van der Waals surface area contributed by atoms with Crippen LogP contribution in [0.25, 0.3) is 0 Å². The fraction of sp³-hybridized carbons (Fsp3) is 0.389. The number of allylic oxidation sites excluding steroid dienone is 4. The Morgan fingerprint density at radius 2 is 1.77 bits per heavy atom. The molecule has 2 fully saturated rings. The van der Waals surface area contributed by atoms with Crippen molar-refractivity contribution in [3.63, 3.8) is 0 Å². The van der Waals surface area contributed by atoms with E-state index in [4.69, 9.17) is 0 Å². The minimum absolute atomic E-state index is 0.0190. The van der Waals surface area contributed by atoms with Crippen LogP contribution in [-0.4, -0.2) is 21.7 Å². The van der Waals surface area contributed by atoms with Crippen LogP contribution in [0.5, 0.6) is 0 Å². The van der Waals surface area contributed by atoms with Gasteiger partial charge in [-0.2, -0.15) is 0 Å². The minimum atomic E-state index is -0.191. The van der Waals surface area contributed by atoms with Gasteiger partial charge in [0, 0.05) is 24.2 Å². The van der Waals surface area contributed by atoms with Gasteiger partial charge in [-0.1, -0.05) is 29.4 Å². The average molecular weight is 294 g/mol. The molecule has 0 N–H and O–H groups in total. The molecule has 0 radical (unpaired) electrons. The lowest BCUT2D eigenvalue weighted by Crippen LogP contribution is -2.32. The van der Waals surface area contributed by atoms with Gasteiger partial charge in [-0.05, 0) is 25.5 Å². The lowest BCUT2D eigenvalue weighted by molar-refractivity contribution is -0.141. The molecule has 3 aliphatic rings. The highest BCUT2D eigenvalue weighted by Crippen LogP contribution is 2.56. The van der Waals surface area contributed by atoms with Crippen LogP contribution < -0.4 is 0 Å². The molecule has 1 saturated heterocycles. The summed E-state index contributed by atoms with van der Waals surface area (Å²) >= 11 is 0. The van der Waals surface area contributed by atoms with E-state index in [2.05, 4.69) is 31.0 Å². The number of pyridine rings is 1. The number of nitrogens with zero attached hydrogens (tertiary/aromatic N) is 2. The van der Waals surface area contributed by atoms with Crippen LogP contribution in [0.15, 0.2) is 47.8 Å². The van der Waals surface area contributed by atoms with E-state index in [1.54, 1.807) is 12.4 Å². The highest BCUT2D eigenvalue weighted by atomic mass is 16.2. The molecule has 4 rings (SSSR count). The molecule has 2 aliphatic carbocycles. The summed E-state index contributed by atoms with van der Waals surface area (Å²) in [6.07, 6.45) is 7.64. The van der Waals surface area contributed by atoms with E-state index in [0.29, 0.717) is 6.54 Å². The summed E-state index contributed by atoms with van der Waals surface area (Å²) < 4.78 is 0. The normalized spacial score (nSPS) is 32.1. The molecule has 2 bridgehead atoms. The largest absolute Gasteiger partial charge is 0.277 e. The molecule has 4 nitrogen and oxygen atoms in total. The van der Waals surface area contributed by atoms with Crippen molar-refractivity contribution in [2.45, 2.75) is 20.4 Å². The lowest BCUT2D eigenvalue weighted by atomic mass is 9.85. The van der Waals surface area contributed by atoms with Gasteiger partial charge < -0.3 is 0 Å². The maximum Gasteiger partial charge on any atom is 0.234 e. The lowest BCUT2D eigenvalue weighted by Gasteiger charge is -2.19. The first-order valence-corrected chi connectivity index (χ1v) is 7.69. The number of imide groups is 1. The number of aromatic nitrogens is 1. The number of carbonyl (C=O) groups excluding carboxylic acids is 2. The Morgan fingerprint density at radius 3 is 2.27 bits per heavy atom. The standard InChI is InChI=1S/C18H18N2O2/c1-10(2)14-12-5-6-13(14)16-15(12)17(21)20(18(16)22)9-11-4-3-7-19-8-11/h3-8,12-13,15-16H,9H2,1-2H3/t12-,13-,15-,16-/m1/s1. The average Bonchev–Trinajstić information content (AvgIpc) is 3.14. The number of hydrogen-bond donors (Lipinski definition) is 0. The van der Waals surface area contributed by atoms with Crippen molar-refractivity contribution in [2.75, 3.05) is 0 Å². The van der Waals surface area contributed by atoms with Crippen LogP contribution in [0.3, 0.4) is 0 Å². The van der Waals surface area contributed by atoms with Gasteiger partial charge in [0.15, 0.2) is 0 Å². The zero-order valence-electron chi connectivity index (χ0n) is 12.7. The van der Waals surface area contributed by atoms with Crippen LogP contribution in [0.1, 0.15) is 19.4 Å². The van der Waals surface area contributed by atoms with E-state index < -0.39 is 0 Å². The van der Waals surface area contributed by atoms with Crippen LogP contribution in [0.4, 0.5) is 0 Å². The van der Waals surface area contributed by atoms with Gasteiger partial charge in [-0.3, -0.25) is 19.5 Å². The predicted molar refractivity (Wildman–Crippen MR) is 81.3 cm³/mol. The second kappa shape index (κ2) is 4.63. The molecule has 22 heavy (non-hydrogen) atoms. The Labute approximate surface area is 129 Å². The van der Waals surface area contributed by atoms with Gasteiger partial charge in [0.2, 0.25) is 11.8 Å². The van der Waals surface area contributed by atoms with Crippen LogP contribution >= 0.6 is 0 Å². The van der Waals surface area contributed by atoms with E-state index >= 15 is 0 Å². The van der Waals surface area contributed by atoms with Crippen LogP contribution in [0.2, 0.25) is 0 Å². The first kappa shape index (κ1) is 13.4. The SMILES string of the molecule is CC(C)=C1[C@H]2C=C[C@H]1[C@H]1C(=O)N(Cc3cccnc3)C(=O)[C@@H]12. The summed E-state index contributed by atoms with van der Waals surface area (Å²) in [5.41, 5.74) is 3.43. The number of rotatable bonds is 2. The fourth-order valence-corrected chi connectivity index (χ4v) is 4.32. The van der Waals surface area contributed by atoms with E-state index in [0.717, 1.165) is 5.56 Å². The van der Waals surface area contributed by atoms with Gasteiger partial charge in [0.05, 0.1) is 18.4 Å².